The number of hydrogen-bond donors (Lipinski definition) is 1. The highest BCUT2D eigenvalue weighted by atomic mass is 15.1. The molecule has 0 aromatic carbocycles. The quantitative estimate of drug-likeness (QED) is 0.642. The lowest BCUT2D eigenvalue weighted by molar-refractivity contribution is 0.245. The summed E-state index contributed by atoms with van der Waals surface area (Å²) in [5.74, 6) is 2.12. The third-order valence-electron chi connectivity index (χ3n) is 5.12. The van der Waals surface area contributed by atoms with Gasteiger partial charge in [0, 0.05) is 19.1 Å². The molecule has 3 rings (SSSR count). The summed E-state index contributed by atoms with van der Waals surface area (Å²) in [5, 5.41) is 3.79. The van der Waals surface area contributed by atoms with E-state index in [0.29, 0.717) is 0 Å². The second-order valence-corrected chi connectivity index (χ2v) is 7.29. The van der Waals surface area contributed by atoms with Crippen molar-refractivity contribution in [1.82, 2.24) is 10.2 Å². The smallest absolute Gasteiger partial charge is 0.00670 e. The fraction of sp³-hybridized carbons (Fsp3) is 1.00. The Morgan fingerprint density at radius 3 is 2.00 bits per heavy atom. The molecule has 110 valence electrons. The predicted octanol–water partition coefficient (Wildman–Crippen LogP) is 3.42. The lowest BCUT2D eigenvalue weighted by atomic mass is 9.95. The lowest BCUT2D eigenvalue weighted by Crippen LogP contribution is -2.35. The first kappa shape index (κ1) is 13.9. The Hall–Kier alpha value is -0.0800. The molecule has 3 aliphatic carbocycles. The Morgan fingerprint density at radius 1 is 0.789 bits per heavy atom. The van der Waals surface area contributed by atoms with Crippen molar-refractivity contribution < 1.29 is 0 Å². The Morgan fingerprint density at radius 2 is 1.42 bits per heavy atom. The van der Waals surface area contributed by atoms with Gasteiger partial charge >= 0.3 is 0 Å². The van der Waals surface area contributed by atoms with Crippen LogP contribution in [-0.2, 0) is 0 Å². The standard InChI is InChI=1S/C17H32N2/c1-2-5-17(6-3-1)18-11-4-12-19(13-15-7-8-15)14-16-9-10-16/h15-18H,1-14H2. The maximum atomic E-state index is 3.79. The Labute approximate surface area is 119 Å². The molecule has 0 aromatic heterocycles. The zero-order valence-electron chi connectivity index (χ0n) is 12.6. The van der Waals surface area contributed by atoms with Gasteiger partial charge in [0.25, 0.3) is 0 Å². The van der Waals surface area contributed by atoms with Crippen molar-refractivity contribution in [2.75, 3.05) is 26.2 Å². The third-order valence-corrected chi connectivity index (χ3v) is 5.12. The van der Waals surface area contributed by atoms with Crippen LogP contribution in [0.5, 0.6) is 0 Å². The number of nitrogens with zero attached hydrogens (tertiary/aromatic N) is 1. The minimum absolute atomic E-state index is 0.842. The molecule has 3 fully saturated rings. The maximum Gasteiger partial charge on any atom is 0.00670 e. The van der Waals surface area contributed by atoms with Gasteiger partial charge < -0.3 is 10.2 Å². The first-order valence-electron chi connectivity index (χ1n) is 8.86. The Kier molecular flexibility index (Phi) is 5.17. The first-order valence-corrected chi connectivity index (χ1v) is 8.86. The normalized spacial score (nSPS) is 25.1. The molecule has 0 aromatic rings. The van der Waals surface area contributed by atoms with Crippen molar-refractivity contribution in [3.8, 4) is 0 Å². The molecule has 0 aliphatic heterocycles. The van der Waals surface area contributed by atoms with Gasteiger partial charge in [-0.05, 0) is 69.9 Å². The summed E-state index contributed by atoms with van der Waals surface area (Å²) in [7, 11) is 0. The van der Waals surface area contributed by atoms with Crippen molar-refractivity contribution in [2.45, 2.75) is 70.3 Å². The van der Waals surface area contributed by atoms with Gasteiger partial charge in [-0.15, -0.1) is 0 Å². The molecule has 1 N–H and O–H groups in total. The Bertz CT molecular complexity index is 238. The molecule has 0 spiro atoms. The zero-order valence-corrected chi connectivity index (χ0v) is 12.6. The monoisotopic (exact) mass is 264 g/mol. The van der Waals surface area contributed by atoms with E-state index in [4.69, 9.17) is 0 Å². The van der Waals surface area contributed by atoms with Gasteiger partial charge in [-0.2, -0.15) is 0 Å². The van der Waals surface area contributed by atoms with Crippen LogP contribution in [0.25, 0.3) is 0 Å². The number of rotatable bonds is 9. The summed E-state index contributed by atoms with van der Waals surface area (Å²) < 4.78 is 0. The highest BCUT2D eigenvalue weighted by Gasteiger charge is 2.28. The van der Waals surface area contributed by atoms with E-state index < -0.39 is 0 Å². The molecule has 0 saturated heterocycles. The van der Waals surface area contributed by atoms with E-state index in [1.165, 1.54) is 90.4 Å². The topological polar surface area (TPSA) is 15.3 Å². The Balaban J connectivity index is 1.27. The molecule has 0 bridgehead atoms. The van der Waals surface area contributed by atoms with Gasteiger partial charge in [-0.25, -0.2) is 0 Å². The summed E-state index contributed by atoms with van der Waals surface area (Å²) >= 11 is 0. The van der Waals surface area contributed by atoms with E-state index in [2.05, 4.69) is 10.2 Å². The van der Waals surface area contributed by atoms with Crippen LogP contribution >= 0.6 is 0 Å². The number of hydrogen-bond acceptors (Lipinski definition) is 2. The highest BCUT2D eigenvalue weighted by molar-refractivity contribution is 4.82. The van der Waals surface area contributed by atoms with Crippen LogP contribution in [0.3, 0.4) is 0 Å². The molecule has 2 nitrogen and oxygen atoms in total. The largest absolute Gasteiger partial charge is 0.314 e. The van der Waals surface area contributed by atoms with E-state index in [9.17, 15) is 0 Å². The fourth-order valence-corrected chi connectivity index (χ4v) is 3.50. The summed E-state index contributed by atoms with van der Waals surface area (Å²) in [5.41, 5.74) is 0. The average molecular weight is 264 g/mol. The van der Waals surface area contributed by atoms with Crippen molar-refractivity contribution >= 4 is 0 Å². The van der Waals surface area contributed by atoms with E-state index in [1.807, 2.05) is 0 Å². The minimum Gasteiger partial charge on any atom is -0.314 e. The third kappa shape index (κ3) is 5.43. The molecule has 3 aliphatic rings. The van der Waals surface area contributed by atoms with Gasteiger partial charge in [-0.1, -0.05) is 19.3 Å². The zero-order chi connectivity index (χ0) is 12.9. The van der Waals surface area contributed by atoms with Gasteiger partial charge in [-0.3, -0.25) is 0 Å². The molecule has 0 atom stereocenters. The average Bonchev–Trinajstić information content (AvgIpc) is 3.32. The van der Waals surface area contributed by atoms with E-state index >= 15 is 0 Å². The second-order valence-electron chi connectivity index (χ2n) is 7.29. The molecule has 0 heterocycles. The molecular weight excluding hydrogens is 232 g/mol. The summed E-state index contributed by atoms with van der Waals surface area (Å²) in [6.45, 7) is 5.39. The maximum absolute atomic E-state index is 3.79. The van der Waals surface area contributed by atoms with Crippen LogP contribution in [0.15, 0.2) is 0 Å². The highest BCUT2D eigenvalue weighted by Crippen LogP contribution is 2.33. The van der Waals surface area contributed by atoms with Crippen molar-refractivity contribution in [2.24, 2.45) is 11.8 Å². The number of nitrogens with one attached hydrogen (secondary N) is 1. The van der Waals surface area contributed by atoms with Crippen LogP contribution in [0.2, 0.25) is 0 Å². The molecule has 19 heavy (non-hydrogen) atoms. The molecule has 0 amide bonds. The SMILES string of the molecule is C1CCC(NCCCN(CC2CC2)CC2CC2)CC1. The molecule has 0 radical (unpaired) electrons. The summed E-state index contributed by atoms with van der Waals surface area (Å²) in [6, 6.07) is 0.842. The predicted molar refractivity (Wildman–Crippen MR) is 81.4 cm³/mol. The van der Waals surface area contributed by atoms with E-state index in [-0.39, 0.29) is 0 Å². The van der Waals surface area contributed by atoms with Crippen molar-refractivity contribution in [3.63, 3.8) is 0 Å². The summed E-state index contributed by atoms with van der Waals surface area (Å²) in [6.07, 6.45) is 14.6. The van der Waals surface area contributed by atoms with Gasteiger partial charge in [0.2, 0.25) is 0 Å². The van der Waals surface area contributed by atoms with Crippen molar-refractivity contribution in [3.05, 3.63) is 0 Å². The summed E-state index contributed by atoms with van der Waals surface area (Å²) in [4.78, 5) is 2.78. The second kappa shape index (κ2) is 7.08. The van der Waals surface area contributed by atoms with Crippen LogP contribution < -0.4 is 5.32 Å². The van der Waals surface area contributed by atoms with Crippen molar-refractivity contribution in [1.29, 1.82) is 0 Å². The molecule has 2 heteroatoms. The van der Waals surface area contributed by atoms with Gasteiger partial charge in [0.05, 0.1) is 0 Å². The first-order chi connectivity index (χ1) is 9.40. The van der Waals surface area contributed by atoms with E-state index in [1.54, 1.807) is 0 Å². The fourth-order valence-electron chi connectivity index (χ4n) is 3.50. The van der Waals surface area contributed by atoms with Gasteiger partial charge in [0.15, 0.2) is 0 Å². The van der Waals surface area contributed by atoms with Crippen LogP contribution in [0, 0.1) is 11.8 Å². The molecule has 3 saturated carbocycles. The molecular formula is C17H32N2. The lowest BCUT2D eigenvalue weighted by Gasteiger charge is -2.25. The van der Waals surface area contributed by atoms with Crippen LogP contribution in [-0.4, -0.2) is 37.1 Å². The minimum atomic E-state index is 0.842. The van der Waals surface area contributed by atoms with Gasteiger partial charge in [0.1, 0.15) is 0 Å². The van der Waals surface area contributed by atoms with Crippen LogP contribution in [0.4, 0.5) is 0 Å². The molecule has 0 unspecified atom stereocenters. The van der Waals surface area contributed by atoms with Crippen LogP contribution in [0.1, 0.15) is 64.2 Å². The van der Waals surface area contributed by atoms with E-state index in [0.717, 1.165) is 17.9 Å².